The smallest absolute Gasteiger partial charge is 0.790 e. The van der Waals surface area contributed by atoms with Gasteiger partial charge in [0, 0.05) is 0 Å². The van der Waals surface area contributed by atoms with Crippen molar-refractivity contribution in [2.75, 3.05) is 13.2 Å². The van der Waals surface area contributed by atoms with Crippen LogP contribution in [0.5, 0.6) is 0 Å². The summed E-state index contributed by atoms with van der Waals surface area (Å²) < 4.78 is 13.6. The Labute approximate surface area is 147 Å². The van der Waals surface area contributed by atoms with Crippen LogP contribution in [-0.2, 0) is 13.9 Å². The number of hydrogen-bond acceptors (Lipinski definition) is 9. The minimum Gasteiger partial charge on any atom is -0.790 e. The molecular weight excluding hydrogens is 293 g/mol. The summed E-state index contributed by atoms with van der Waals surface area (Å²) in [6.07, 6.45) is -6.12. The molecule has 0 heterocycles. The molecule has 0 aliphatic carbocycles. The second-order valence-electron chi connectivity index (χ2n) is 2.87. The molecule has 0 aromatic rings. The Morgan fingerprint density at radius 2 is 1.67 bits per heavy atom. The maximum Gasteiger partial charge on any atom is 1.00 e. The molecule has 0 spiro atoms. The van der Waals surface area contributed by atoms with Crippen LogP contribution < -0.4 is 68.9 Å². The fraction of sp³-hybridized carbons (Fsp3) is 0.833. The van der Waals surface area contributed by atoms with Crippen LogP contribution in [0.15, 0.2) is 0 Å². The molecule has 9 nitrogen and oxygen atoms in total. The SMILES string of the molecule is O=C(CO)[C@@H](O)[C@@H](O)[C@@H](O)COP(=O)([O-])[O-].[Na+].[Na+]. The van der Waals surface area contributed by atoms with E-state index in [1.54, 1.807) is 0 Å². The van der Waals surface area contributed by atoms with Crippen molar-refractivity contribution in [3.05, 3.63) is 0 Å². The van der Waals surface area contributed by atoms with E-state index >= 15 is 0 Å². The third kappa shape index (κ3) is 10.4. The fourth-order valence-electron chi connectivity index (χ4n) is 0.761. The van der Waals surface area contributed by atoms with E-state index in [9.17, 15) is 19.1 Å². The van der Waals surface area contributed by atoms with Gasteiger partial charge in [-0.1, -0.05) is 0 Å². The number of aliphatic hydroxyl groups excluding tert-OH is 4. The Morgan fingerprint density at radius 3 is 2.00 bits per heavy atom. The maximum absolute atomic E-state index is 10.7. The molecule has 18 heavy (non-hydrogen) atoms. The van der Waals surface area contributed by atoms with Gasteiger partial charge in [-0.3, -0.25) is 4.79 Å². The van der Waals surface area contributed by atoms with Crippen molar-refractivity contribution in [1.29, 1.82) is 0 Å². The maximum atomic E-state index is 10.7. The predicted molar refractivity (Wildman–Crippen MR) is 43.7 cm³/mol. The number of rotatable bonds is 7. The molecule has 4 N–H and O–H groups in total. The van der Waals surface area contributed by atoms with Crippen LogP contribution in [0.25, 0.3) is 0 Å². The van der Waals surface area contributed by atoms with E-state index in [1.165, 1.54) is 0 Å². The van der Waals surface area contributed by atoms with Crippen LogP contribution in [0.1, 0.15) is 0 Å². The fourth-order valence-corrected chi connectivity index (χ4v) is 1.10. The molecule has 0 saturated carbocycles. The standard InChI is InChI=1S/C6H13O9P.2Na/c7-1-3(8)5(10)6(11)4(9)2-15-16(12,13)14;;/h4-7,9-11H,1-2H2,(H2,12,13,14);;/q;2*+1/p-2/t4-,5+,6-;;/m0../s1. The Balaban J connectivity index is -0.00000112. The minimum atomic E-state index is -5.31. The summed E-state index contributed by atoms with van der Waals surface area (Å²) in [5, 5.41) is 35.4. The van der Waals surface area contributed by atoms with E-state index in [1.807, 2.05) is 0 Å². The van der Waals surface area contributed by atoms with Gasteiger partial charge in [0.05, 0.1) is 14.4 Å². The molecule has 0 aliphatic rings. The van der Waals surface area contributed by atoms with Crippen LogP contribution in [-0.4, -0.2) is 57.7 Å². The van der Waals surface area contributed by atoms with Gasteiger partial charge in [-0.05, 0) is 0 Å². The molecule has 0 aromatic carbocycles. The average Bonchev–Trinajstić information content (AvgIpc) is 2.21. The molecule has 0 aromatic heterocycles. The van der Waals surface area contributed by atoms with Gasteiger partial charge in [0.1, 0.15) is 24.9 Å². The van der Waals surface area contributed by atoms with Gasteiger partial charge in [-0.15, -0.1) is 0 Å². The first kappa shape index (κ1) is 24.6. The number of carbonyl (C=O) groups is 1. The Bertz CT molecular complexity index is 282. The van der Waals surface area contributed by atoms with E-state index in [2.05, 4.69) is 4.52 Å². The first-order valence-electron chi connectivity index (χ1n) is 4.03. The van der Waals surface area contributed by atoms with Crippen molar-refractivity contribution in [1.82, 2.24) is 0 Å². The quantitative estimate of drug-likeness (QED) is 0.263. The number of phosphoric acid groups is 1. The molecule has 0 amide bonds. The Kier molecular flexibility index (Phi) is 15.5. The number of carbonyl (C=O) groups excluding carboxylic acids is 1. The number of Topliss-reactive ketones (excluding diaryl/α,β-unsaturated/α-hetero) is 1. The van der Waals surface area contributed by atoms with Crippen LogP contribution in [0.4, 0.5) is 0 Å². The summed E-state index contributed by atoms with van der Waals surface area (Å²) >= 11 is 0. The third-order valence-electron chi connectivity index (χ3n) is 1.61. The van der Waals surface area contributed by atoms with Crippen molar-refractivity contribution in [2.24, 2.45) is 0 Å². The molecule has 0 aliphatic heterocycles. The topological polar surface area (TPSA) is 170 Å². The first-order valence-corrected chi connectivity index (χ1v) is 5.49. The zero-order valence-electron chi connectivity index (χ0n) is 9.92. The largest absolute Gasteiger partial charge is 1.00 e. The van der Waals surface area contributed by atoms with E-state index in [0.29, 0.717) is 0 Å². The minimum absolute atomic E-state index is 0. The summed E-state index contributed by atoms with van der Waals surface area (Å²) in [6, 6.07) is 0. The average molecular weight is 304 g/mol. The van der Waals surface area contributed by atoms with Crippen LogP contribution in [0.2, 0.25) is 0 Å². The van der Waals surface area contributed by atoms with E-state index < -0.39 is 45.1 Å². The van der Waals surface area contributed by atoms with Crippen molar-refractivity contribution >= 4 is 13.6 Å². The molecule has 0 radical (unpaired) electrons. The molecule has 0 unspecified atom stereocenters. The molecule has 0 fully saturated rings. The summed E-state index contributed by atoms with van der Waals surface area (Å²) in [5.41, 5.74) is 0. The van der Waals surface area contributed by atoms with Gasteiger partial charge in [0.15, 0.2) is 5.78 Å². The summed E-state index contributed by atoms with van der Waals surface area (Å²) in [4.78, 5) is 30.7. The van der Waals surface area contributed by atoms with Crippen molar-refractivity contribution in [3.63, 3.8) is 0 Å². The van der Waals surface area contributed by atoms with Gasteiger partial charge in [-0.25, -0.2) is 0 Å². The molecule has 12 heteroatoms. The normalized spacial score (nSPS) is 15.9. The zero-order chi connectivity index (χ0) is 12.9. The van der Waals surface area contributed by atoms with Crippen LogP contribution >= 0.6 is 7.82 Å². The third-order valence-corrected chi connectivity index (χ3v) is 2.07. The second kappa shape index (κ2) is 11.3. The Hall–Kier alpha value is 1.62. The summed E-state index contributed by atoms with van der Waals surface area (Å²) in [5.74, 6) is -1.17. The monoisotopic (exact) mass is 304 g/mol. The van der Waals surface area contributed by atoms with Crippen molar-refractivity contribution in [2.45, 2.75) is 18.3 Å². The Morgan fingerprint density at radius 1 is 1.22 bits per heavy atom. The number of hydrogen-bond donors (Lipinski definition) is 4. The molecule has 0 saturated heterocycles. The number of aliphatic hydroxyl groups is 4. The van der Waals surface area contributed by atoms with E-state index in [0.717, 1.165) is 0 Å². The van der Waals surface area contributed by atoms with Gasteiger partial charge >= 0.3 is 59.1 Å². The van der Waals surface area contributed by atoms with Gasteiger partial charge in [0.2, 0.25) is 0 Å². The first-order chi connectivity index (χ1) is 7.19. The summed E-state index contributed by atoms with van der Waals surface area (Å²) in [7, 11) is -5.31. The molecular formula is C6H11Na2O9P. The molecule has 96 valence electrons. The molecule has 3 atom stereocenters. The van der Waals surface area contributed by atoms with E-state index in [4.69, 9.17) is 20.4 Å². The molecule has 0 bridgehead atoms. The van der Waals surface area contributed by atoms with Crippen LogP contribution in [0.3, 0.4) is 0 Å². The molecule has 0 rings (SSSR count). The zero-order valence-corrected chi connectivity index (χ0v) is 14.8. The number of ketones is 1. The predicted octanol–water partition coefficient (Wildman–Crippen LogP) is -10.5. The van der Waals surface area contributed by atoms with Crippen molar-refractivity contribution in [3.8, 4) is 0 Å². The summed E-state index contributed by atoms with van der Waals surface area (Å²) in [6.45, 7) is -2.16. The second-order valence-corrected chi connectivity index (χ2v) is 4.02. The number of phosphoric ester groups is 1. The van der Waals surface area contributed by atoms with Crippen LogP contribution in [0, 0.1) is 0 Å². The van der Waals surface area contributed by atoms with Gasteiger partial charge in [0.25, 0.3) is 0 Å². The van der Waals surface area contributed by atoms with E-state index in [-0.39, 0.29) is 59.1 Å². The van der Waals surface area contributed by atoms with Gasteiger partial charge < -0.3 is 39.3 Å². The van der Waals surface area contributed by atoms with Gasteiger partial charge in [-0.2, -0.15) is 0 Å². The van der Waals surface area contributed by atoms with Crippen molar-refractivity contribution < 1.29 is 103 Å².